The lowest BCUT2D eigenvalue weighted by Gasteiger charge is -2.34. The normalized spacial score (nSPS) is 15.5. The van der Waals surface area contributed by atoms with E-state index in [9.17, 15) is 12.8 Å². The molecule has 0 radical (unpaired) electrons. The molecule has 1 aliphatic heterocycles. The zero-order valence-electron chi connectivity index (χ0n) is 16.2. The van der Waals surface area contributed by atoms with Crippen molar-refractivity contribution in [2.45, 2.75) is 11.8 Å². The van der Waals surface area contributed by atoms with E-state index >= 15 is 0 Å². The summed E-state index contributed by atoms with van der Waals surface area (Å²) in [5.41, 5.74) is 0. The molecule has 0 aliphatic carbocycles. The zero-order valence-corrected chi connectivity index (χ0v) is 17.0. The van der Waals surface area contributed by atoms with Gasteiger partial charge < -0.3 is 14.5 Å². The Hall–Kier alpha value is -2.46. The van der Waals surface area contributed by atoms with Crippen LogP contribution in [0.15, 0.2) is 35.2 Å². The van der Waals surface area contributed by atoms with Crippen LogP contribution in [0.4, 0.5) is 16.0 Å². The highest BCUT2D eigenvalue weighted by atomic mass is 32.2. The minimum Gasteiger partial charge on any atom is -0.491 e. The van der Waals surface area contributed by atoms with Crippen LogP contribution in [-0.4, -0.2) is 69.8 Å². The van der Waals surface area contributed by atoms with Crippen LogP contribution in [0.25, 0.3) is 0 Å². The third-order valence-corrected chi connectivity index (χ3v) is 6.39. The number of anilines is 2. The van der Waals surface area contributed by atoms with Crippen molar-refractivity contribution in [3.63, 3.8) is 0 Å². The molecule has 0 spiro atoms. The summed E-state index contributed by atoms with van der Waals surface area (Å²) in [4.78, 5) is 3.77. The van der Waals surface area contributed by atoms with Gasteiger partial charge in [-0.2, -0.15) is 4.31 Å². The highest BCUT2D eigenvalue weighted by Crippen LogP contribution is 2.25. The van der Waals surface area contributed by atoms with E-state index in [1.807, 2.05) is 36.0 Å². The fourth-order valence-corrected chi connectivity index (χ4v) is 4.38. The van der Waals surface area contributed by atoms with E-state index < -0.39 is 15.8 Å². The van der Waals surface area contributed by atoms with Crippen molar-refractivity contribution in [1.29, 1.82) is 0 Å². The van der Waals surface area contributed by atoms with Gasteiger partial charge in [-0.1, -0.05) is 0 Å². The fraction of sp³-hybridized carbons (Fsp3) is 0.444. The maximum Gasteiger partial charge on any atom is 0.243 e. The van der Waals surface area contributed by atoms with Crippen LogP contribution in [0.5, 0.6) is 5.75 Å². The third kappa shape index (κ3) is 4.17. The van der Waals surface area contributed by atoms with Crippen LogP contribution < -0.4 is 14.5 Å². The maximum atomic E-state index is 14.1. The first kappa shape index (κ1) is 20.3. The predicted octanol–water partition coefficient (Wildman–Crippen LogP) is 1.59. The molecule has 1 aromatic carbocycles. The molecule has 0 saturated carbocycles. The van der Waals surface area contributed by atoms with E-state index in [0.717, 1.165) is 11.9 Å². The Morgan fingerprint density at radius 2 is 1.82 bits per heavy atom. The van der Waals surface area contributed by atoms with Gasteiger partial charge in [-0.25, -0.2) is 12.8 Å². The molecule has 28 heavy (non-hydrogen) atoms. The maximum absolute atomic E-state index is 14.1. The highest BCUT2D eigenvalue weighted by molar-refractivity contribution is 7.89. The molecule has 3 rings (SSSR count). The number of piperazine rings is 1. The summed E-state index contributed by atoms with van der Waals surface area (Å²) in [7, 11) is 0.000555. The molecule has 0 N–H and O–H groups in total. The average molecular weight is 409 g/mol. The number of nitrogens with zero attached hydrogens (tertiary/aromatic N) is 5. The Labute approximate surface area is 164 Å². The van der Waals surface area contributed by atoms with Crippen molar-refractivity contribution < 1.29 is 17.5 Å². The minimum atomic E-state index is -3.77. The SMILES string of the molecule is CCOc1ccc(S(=O)(=O)N2CCN(c3ccc(N(C)C)nn3)CC2)cc1F. The van der Waals surface area contributed by atoms with Gasteiger partial charge in [-0.05, 0) is 37.3 Å². The molecule has 2 heterocycles. The van der Waals surface area contributed by atoms with Crippen LogP contribution in [0.1, 0.15) is 6.92 Å². The molecule has 1 saturated heterocycles. The summed E-state index contributed by atoms with van der Waals surface area (Å²) in [6, 6.07) is 7.48. The van der Waals surface area contributed by atoms with E-state index in [1.165, 1.54) is 16.4 Å². The second-order valence-corrected chi connectivity index (χ2v) is 8.50. The topological polar surface area (TPSA) is 78.9 Å². The van der Waals surface area contributed by atoms with Gasteiger partial charge in [0, 0.05) is 40.3 Å². The molecule has 0 unspecified atom stereocenters. The van der Waals surface area contributed by atoms with Crippen LogP contribution in [-0.2, 0) is 10.0 Å². The number of hydrogen-bond acceptors (Lipinski definition) is 7. The number of aromatic nitrogens is 2. The fourth-order valence-electron chi connectivity index (χ4n) is 2.95. The van der Waals surface area contributed by atoms with Gasteiger partial charge in [0.2, 0.25) is 10.0 Å². The smallest absolute Gasteiger partial charge is 0.243 e. The molecule has 2 aromatic rings. The Morgan fingerprint density at radius 3 is 2.36 bits per heavy atom. The Balaban J connectivity index is 1.69. The Morgan fingerprint density at radius 1 is 1.11 bits per heavy atom. The zero-order chi connectivity index (χ0) is 20.3. The lowest BCUT2D eigenvalue weighted by atomic mass is 10.3. The first-order valence-electron chi connectivity index (χ1n) is 9.01. The van der Waals surface area contributed by atoms with E-state index in [-0.39, 0.29) is 23.7 Å². The number of sulfonamides is 1. The molecule has 1 fully saturated rings. The summed E-state index contributed by atoms with van der Waals surface area (Å²) < 4.78 is 46.2. The molecular weight excluding hydrogens is 385 g/mol. The van der Waals surface area contributed by atoms with Crippen LogP contribution in [0.3, 0.4) is 0 Å². The van der Waals surface area contributed by atoms with Gasteiger partial charge in [-0.15, -0.1) is 10.2 Å². The van der Waals surface area contributed by atoms with Gasteiger partial charge >= 0.3 is 0 Å². The minimum absolute atomic E-state index is 0.0472. The van der Waals surface area contributed by atoms with Crippen molar-refractivity contribution in [3.8, 4) is 5.75 Å². The van der Waals surface area contributed by atoms with E-state index in [2.05, 4.69) is 10.2 Å². The van der Waals surface area contributed by atoms with Gasteiger partial charge in [0.1, 0.15) is 0 Å². The number of rotatable bonds is 6. The first-order valence-corrected chi connectivity index (χ1v) is 10.5. The highest BCUT2D eigenvalue weighted by Gasteiger charge is 2.29. The number of benzene rings is 1. The molecule has 0 amide bonds. The van der Waals surface area contributed by atoms with Crippen molar-refractivity contribution in [2.24, 2.45) is 0 Å². The molecule has 0 bridgehead atoms. The van der Waals surface area contributed by atoms with E-state index in [1.54, 1.807) is 6.92 Å². The molecule has 10 heteroatoms. The van der Waals surface area contributed by atoms with Crippen molar-refractivity contribution in [3.05, 3.63) is 36.1 Å². The molecule has 1 aliphatic rings. The van der Waals surface area contributed by atoms with Gasteiger partial charge in [0.15, 0.2) is 23.2 Å². The monoisotopic (exact) mass is 409 g/mol. The van der Waals surface area contributed by atoms with Crippen LogP contribution in [0, 0.1) is 5.82 Å². The summed E-state index contributed by atoms with van der Waals surface area (Å²) >= 11 is 0. The van der Waals surface area contributed by atoms with E-state index in [4.69, 9.17) is 4.74 Å². The average Bonchev–Trinajstić information content (AvgIpc) is 2.70. The summed E-state index contributed by atoms with van der Waals surface area (Å²) in [6.45, 7) is 3.58. The molecular formula is C18H24FN5O3S. The predicted molar refractivity (Wildman–Crippen MR) is 105 cm³/mol. The Bertz CT molecular complexity index is 913. The van der Waals surface area contributed by atoms with Crippen molar-refractivity contribution >= 4 is 21.7 Å². The lowest BCUT2D eigenvalue weighted by Crippen LogP contribution is -2.49. The van der Waals surface area contributed by atoms with Gasteiger partial charge in [-0.3, -0.25) is 0 Å². The molecule has 152 valence electrons. The molecule has 1 aromatic heterocycles. The third-order valence-electron chi connectivity index (χ3n) is 4.50. The summed E-state index contributed by atoms with van der Waals surface area (Å²) in [6.07, 6.45) is 0. The number of hydrogen-bond donors (Lipinski definition) is 0. The largest absolute Gasteiger partial charge is 0.491 e. The van der Waals surface area contributed by atoms with Crippen molar-refractivity contribution in [1.82, 2.24) is 14.5 Å². The van der Waals surface area contributed by atoms with Gasteiger partial charge in [0.25, 0.3) is 0 Å². The molecule has 0 atom stereocenters. The van der Waals surface area contributed by atoms with Crippen LogP contribution >= 0.6 is 0 Å². The molecule has 8 nitrogen and oxygen atoms in total. The second kappa shape index (κ2) is 8.27. The second-order valence-electron chi connectivity index (χ2n) is 6.56. The Kier molecular flexibility index (Phi) is 5.99. The van der Waals surface area contributed by atoms with E-state index in [0.29, 0.717) is 25.5 Å². The number of halogens is 1. The standard InChI is InChI=1S/C18H24FN5O3S/c1-4-27-16-6-5-14(13-15(16)19)28(25,26)24-11-9-23(10-12-24)18-8-7-17(20-21-18)22(2)3/h5-8,13H,4,9-12H2,1-3H3. The first-order chi connectivity index (χ1) is 13.3. The quantitative estimate of drug-likeness (QED) is 0.717. The van der Waals surface area contributed by atoms with Crippen molar-refractivity contribution in [2.75, 3.05) is 56.7 Å². The summed E-state index contributed by atoms with van der Waals surface area (Å²) in [5, 5.41) is 8.36. The van der Waals surface area contributed by atoms with Gasteiger partial charge in [0.05, 0.1) is 11.5 Å². The number of ether oxygens (including phenoxy) is 1. The van der Waals surface area contributed by atoms with Crippen LogP contribution in [0.2, 0.25) is 0 Å². The lowest BCUT2D eigenvalue weighted by molar-refractivity contribution is 0.321. The summed E-state index contributed by atoms with van der Waals surface area (Å²) in [5.74, 6) is 0.820.